The largest absolute Gasteiger partial charge is 0.327 e. The highest BCUT2D eigenvalue weighted by Gasteiger charge is 2.24. The quantitative estimate of drug-likeness (QED) is 0.817. The summed E-state index contributed by atoms with van der Waals surface area (Å²) in [4.78, 5) is 5.07. The molecule has 1 atom stereocenters. The highest BCUT2D eigenvalue weighted by atomic mass is 15.2. The van der Waals surface area contributed by atoms with Crippen LogP contribution in [0.2, 0.25) is 0 Å². The van der Waals surface area contributed by atoms with Crippen molar-refractivity contribution in [1.29, 1.82) is 0 Å². The van der Waals surface area contributed by atoms with E-state index >= 15 is 0 Å². The maximum absolute atomic E-state index is 6.24. The van der Waals surface area contributed by atoms with E-state index in [2.05, 4.69) is 44.5 Å². The Hall–Kier alpha value is -0.120. The van der Waals surface area contributed by atoms with Crippen molar-refractivity contribution in [2.75, 3.05) is 33.2 Å². The summed E-state index contributed by atoms with van der Waals surface area (Å²) < 4.78 is 0. The van der Waals surface area contributed by atoms with Gasteiger partial charge >= 0.3 is 0 Å². The Morgan fingerprint density at radius 1 is 1.28 bits per heavy atom. The zero-order valence-corrected chi connectivity index (χ0v) is 13.1. The van der Waals surface area contributed by atoms with Crippen LogP contribution in [-0.2, 0) is 0 Å². The maximum Gasteiger partial charge on any atom is 0.0117 e. The van der Waals surface area contributed by atoms with Crippen LogP contribution in [0.1, 0.15) is 47.0 Å². The Morgan fingerprint density at radius 2 is 1.83 bits per heavy atom. The molecule has 1 fully saturated rings. The van der Waals surface area contributed by atoms with Gasteiger partial charge in [0.1, 0.15) is 0 Å². The minimum atomic E-state index is 0.229. The van der Waals surface area contributed by atoms with Gasteiger partial charge in [-0.05, 0) is 57.9 Å². The lowest BCUT2D eigenvalue weighted by atomic mass is 9.85. The van der Waals surface area contributed by atoms with Gasteiger partial charge in [0.05, 0.1) is 0 Å². The molecule has 1 aliphatic heterocycles. The summed E-state index contributed by atoms with van der Waals surface area (Å²) in [6, 6.07) is 1.07. The number of nitrogens with zero attached hydrogens (tertiary/aromatic N) is 2. The Labute approximate surface area is 114 Å². The van der Waals surface area contributed by atoms with Gasteiger partial charge in [0.2, 0.25) is 0 Å². The summed E-state index contributed by atoms with van der Waals surface area (Å²) in [7, 11) is 2.27. The van der Waals surface area contributed by atoms with Crippen molar-refractivity contribution in [1.82, 2.24) is 9.80 Å². The molecule has 1 saturated heterocycles. The zero-order chi connectivity index (χ0) is 13.8. The molecule has 1 unspecified atom stereocenters. The lowest BCUT2D eigenvalue weighted by Crippen LogP contribution is -2.45. The molecule has 1 rings (SSSR count). The Balaban J connectivity index is 2.27. The van der Waals surface area contributed by atoms with Crippen LogP contribution in [0.3, 0.4) is 0 Å². The van der Waals surface area contributed by atoms with Crippen molar-refractivity contribution in [2.24, 2.45) is 11.1 Å². The highest BCUT2D eigenvalue weighted by Crippen LogP contribution is 2.21. The predicted molar refractivity (Wildman–Crippen MR) is 79.8 cm³/mol. The summed E-state index contributed by atoms with van der Waals surface area (Å²) in [6.45, 7) is 13.8. The van der Waals surface area contributed by atoms with E-state index in [0.29, 0.717) is 6.04 Å². The van der Waals surface area contributed by atoms with Gasteiger partial charge < -0.3 is 15.5 Å². The van der Waals surface area contributed by atoms with Crippen LogP contribution in [0.15, 0.2) is 0 Å². The topological polar surface area (TPSA) is 32.5 Å². The van der Waals surface area contributed by atoms with Gasteiger partial charge in [0.15, 0.2) is 0 Å². The van der Waals surface area contributed by atoms with Crippen molar-refractivity contribution >= 4 is 0 Å². The normalized spacial score (nSPS) is 21.5. The van der Waals surface area contributed by atoms with Gasteiger partial charge in [0, 0.05) is 12.1 Å². The molecule has 3 heteroatoms. The molecule has 0 aromatic carbocycles. The Bertz CT molecular complexity index is 226. The monoisotopic (exact) mass is 255 g/mol. The van der Waals surface area contributed by atoms with E-state index in [0.717, 1.165) is 19.0 Å². The predicted octanol–water partition coefficient (Wildman–Crippen LogP) is 2.17. The van der Waals surface area contributed by atoms with Crippen LogP contribution >= 0.6 is 0 Å². The summed E-state index contributed by atoms with van der Waals surface area (Å²) in [5.74, 6) is 0. The number of nitrogens with two attached hydrogens (primary N) is 1. The van der Waals surface area contributed by atoms with E-state index in [1.807, 2.05) is 0 Å². The minimum Gasteiger partial charge on any atom is -0.327 e. The third-order valence-corrected chi connectivity index (χ3v) is 4.53. The number of hydrogen-bond acceptors (Lipinski definition) is 3. The zero-order valence-electron chi connectivity index (χ0n) is 13.1. The molecule has 0 aliphatic carbocycles. The second kappa shape index (κ2) is 6.88. The molecule has 18 heavy (non-hydrogen) atoms. The van der Waals surface area contributed by atoms with Crippen molar-refractivity contribution < 1.29 is 0 Å². The molecule has 0 radical (unpaired) electrons. The van der Waals surface area contributed by atoms with Crippen LogP contribution in [0.5, 0.6) is 0 Å². The van der Waals surface area contributed by atoms with Crippen LogP contribution in [0.25, 0.3) is 0 Å². The summed E-state index contributed by atoms with van der Waals surface area (Å²) in [6.07, 6.45) is 3.73. The SMILES string of the molecule is CCN1CCC(N(C)CCC(N)C(C)(C)C)CC1. The van der Waals surface area contributed by atoms with E-state index in [1.165, 1.54) is 32.5 Å². The molecular weight excluding hydrogens is 222 g/mol. The second-order valence-corrected chi connectivity index (χ2v) is 6.91. The first-order valence-corrected chi connectivity index (χ1v) is 7.52. The average Bonchev–Trinajstić information content (AvgIpc) is 2.34. The molecule has 108 valence electrons. The van der Waals surface area contributed by atoms with Crippen LogP contribution in [0.4, 0.5) is 0 Å². The van der Waals surface area contributed by atoms with Crippen molar-refractivity contribution in [3.05, 3.63) is 0 Å². The van der Waals surface area contributed by atoms with Crippen molar-refractivity contribution in [2.45, 2.75) is 59.0 Å². The van der Waals surface area contributed by atoms with Gasteiger partial charge in [-0.3, -0.25) is 0 Å². The van der Waals surface area contributed by atoms with Crippen molar-refractivity contribution in [3.63, 3.8) is 0 Å². The van der Waals surface area contributed by atoms with Gasteiger partial charge in [-0.25, -0.2) is 0 Å². The number of rotatable bonds is 5. The highest BCUT2D eigenvalue weighted by molar-refractivity contribution is 4.81. The lowest BCUT2D eigenvalue weighted by molar-refractivity contribution is 0.124. The molecule has 0 amide bonds. The molecule has 1 aliphatic rings. The molecule has 0 bridgehead atoms. The van der Waals surface area contributed by atoms with Crippen molar-refractivity contribution in [3.8, 4) is 0 Å². The molecule has 3 nitrogen and oxygen atoms in total. The fourth-order valence-corrected chi connectivity index (χ4v) is 2.63. The van der Waals surface area contributed by atoms with E-state index in [-0.39, 0.29) is 5.41 Å². The third kappa shape index (κ3) is 4.87. The van der Waals surface area contributed by atoms with Crippen LogP contribution in [-0.4, -0.2) is 55.1 Å². The fourth-order valence-electron chi connectivity index (χ4n) is 2.63. The number of piperidine rings is 1. The molecule has 0 saturated carbocycles. The minimum absolute atomic E-state index is 0.229. The molecule has 0 spiro atoms. The van der Waals surface area contributed by atoms with Crippen LogP contribution in [0, 0.1) is 5.41 Å². The molecular formula is C15H33N3. The standard InChI is InChI=1S/C15H33N3/c1-6-18-11-7-13(8-12-18)17(5)10-9-14(16)15(2,3)4/h13-14H,6-12,16H2,1-5H3. The van der Waals surface area contributed by atoms with Gasteiger partial charge in [-0.1, -0.05) is 27.7 Å². The fraction of sp³-hybridized carbons (Fsp3) is 1.00. The first-order valence-electron chi connectivity index (χ1n) is 7.52. The first-order chi connectivity index (χ1) is 8.34. The van der Waals surface area contributed by atoms with E-state index in [9.17, 15) is 0 Å². The summed E-state index contributed by atoms with van der Waals surface area (Å²) in [5, 5.41) is 0. The van der Waals surface area contributed by atoms with E-state index in [1.54, 1.807) is 0 Å². The second-order valence-electron chi connectivity index (χ2n) is 6.91. The Kier molecular flexibility index (Phi) is 6.09. The molecule has 2 N–H and O–H groups in total. The Morgan fingerprint density at radius 3 is 2.28 bits per heavy atom. The lowest BCUT2D eigenvalue weighted by Gasteiger charge is -2.37. The molecule has 0 aromatic rings. The van der Waals surface area contributed by atoms with Crippen LogP contribution < -0.4 is 5.73 Å². The summed E-state index contributed by atoms with van der Waals surface area (Å²) in [5.41, 5.74) is 6.47. The van der Waals surface area contributed by atoms with E-state index in [4.69, 9.17) is 5.73 Å². The van der Waals surface area contributed by atoms with Gasteiger partial charge in [-0.15, -0.1) is 0 Å². The first kappa shape index (κ1) is 15.9. The molecule has 1 heterocycles. The van der Waals surface area contributed by atoms with Gasteiger partial charge in [-0.2, -0.15) is 0 Å². The number of likely N-dealkylation sites (tertiary alicyclic amines) is 1. The number of hydrogen-bond donors (Lipinski definition) is 1. The van der Waals surface area contributed by atoms with E-state index < -0.39 is 0 Å². The molecule has 0 aromatic heterocycles. The van der Waals surface area contributed by atoms with Gasteiger partial charge in [0.25, 0.3) is 0 Å². The third-order valence-electron chi connectivity index (χ3n) is 4.53. The smallest absolute Gasteiger partial charge is 0.0117 e. The summed E-state index contributed by atoms with van der Waals surface area (Å²) >= 11 is 0. The average molecular weight is 255 g/mol. The maximum atomic E-state index is 6.24.